The second kappa shape index (κ2) is 5.28. The van der Waals surface area contributed by atoms with Crippen molar-refractivity contribution in [2.75, 3.05) is 7.11 Å². The minimum absolute atomic E-state index is 0.0220. The van der Waals surface area contributed by atoms with Crippen LogP contribution in [-0.2, 0) is 0 Å². The van der Waals surface area contributed by atoms with Gasteiger partial charge in [-0.05, 0) is 18.2 Å². The van der Waals surface area contributed by atoms with E-state index in [0.717, 1.165) is 0 Å². The van der Waals surface area contributed by atoms with Gasteiger partial charge in [-0.1, -0.05) is 0 Å². The van der Waals surface area contributed by atoms with Crippen molar-refractivity contribution in [1.82, 2.24) is 15.0 Å². The van der Waals surface area contributed by atoms with Gasteiger partial charge >= 0.3 is 0 Å². The van der Waals surface area contributed by atoms with E-state index in [1.54, 1.807) is 0 Å². The van der Waals surface area contributed by atoms with Gasteiger partial charge in [0.25, 0.3) is 5.95 Å². The Morgan fingerprint density at radius 1 is 1.05 bits per heavy atom. The molecule has 0 bridgehead atoms. The quantitative estimate of drug-likeness (QED) is 0.693. The molecule has 0 amide bonds. The Labute approximate surface area is 118 Å². The molecule has 0 unspecified atom stereocenters. The zero-order valence-electron chi connectivity index (χ0n) is 10.9. The van der Waals surface area contributed by atoms with E-state index in [1.807, 2.05) is 0 Å². The van der Waals surface area contributed by atoms with E-state index >= 15 is 0 Å². The monoisotopic (exact) mass is 289 g/mol. The highest BCUT2D eigenvalue weighted by atomic mass is 19.1. The molecule has 0 saturated carbocycles. The molecule has 0 N–H and O–H groups in total. The van der Waals surface area contributed by atoms with Gasteiger partial charge in [0.1, 0.15) is 6.33 Å². The fourth-order valence-corrected chi connectivity index (χ4v) is 1.82. The molecule has 0 aliphatic carbocycles. The lowest BCUT2D eigenvalue weighted by atomic mass is 10.2. The molecule has 1 aromatic carbocycles. The first-order valence-corrected chi connectivity index (χ1v) is 5.95. The van der Waals surface area contributed by atoms with Crippen LogP contribution in [0.15, 0.2) is 36.8 Å². The number of ether oxygens (including phenoxy) is 2. The Balaban J connectivity index is 2.12. The summed E-state index contributed by atoms with van der Waals surface area (Å²) in [5.41, 5.74) is 0.322. The van der Waals surface area contributed by atoms with Gasteiger partial charge in [0.05, 0.1) is 18.0 Å². The number of hydrogen-bond acceptors (Lipinski definition) is 5. The molecule has 0 spiro atoms. The normalized spacial score (nSPS) is 10.6. The highest BCUT2D eigenvalue weighted by molar-refractivity contribution is 5.85. The summed E-state index contributed by atoms with van der Waals surface area (Å²) >= 11 is 0. The van der Waals surface area contributed by atoms with Crippen LogP contribution in [0.5, 0.6) is 17.4 Å². The Morgan fingerprint density at radius 3 is 2.67 bits per heavy atom. The standard InChI is InChI=1S/C14H9F2N3O2/c1-20-12-5-8-10(6-9(12)15)18-7-19-14(8)21-11-3-2-4-17-13(11)16/h2-7H,1H3. The number of fused-ring (bicyclic) bond motifs is 1. The number of halogens is 2. The molecule has 5 nitrogen and oxygen atoms in total. The van der Waals surface area contributed by atoms with Gasteiger partial charge in [0, 0.05) is 12.3 Å². The van der Waals surface area contributed by atoms with Gasteiger partial charge in [-0.2, -0.15) is 4.39 Å². The van der Waals surface area contributed by atoms with Crippen LogP contribution >= 0.6 is 0 Å². The number of methoxy groups -OCH3 is 1. The summed E-state index contributed by atoms with van der Waals surface area (Å²) in [7, 11) is 1.34. The molecule has 2 aromatic heterocycles. The molecule has 0 fully saturated rings. The van der Waals surface area contributed by atoms with Crippen molar-refractivity contribution in [2.45, 2.75) is 0 Å². The lowest BCUT2D eigenvalue weighted by Crippen LogP contribution is -1.96. The van der Waals surface area contributed by atoms with E-state index in [1.165, 1.54) is 43.9 Å². The fourth-order valence-electron chi connectivity index (χ4n) is 1.82. The highest BCUT2D eigenvalue weighted by Crippen LogP contribution is 2.31. The van der Waals surface area contributed by atoms with E-state index in [-0.39, 0.29) is 17.4 Å². The summed E-state index contributed by atoms with van der Waals surface area (Å²) in [5.74, 6) is -1.29. The summed E-state index contributed by atoms with van der Waals surface area (Å²) in [6.45, 7) is 0. The first-order chi connectivity index (χ1) is 10.2. The second-order valence-corrected chi connectivity index (χ2v) is 4.08. The third kappa shape index (κ3) is 2.45. The predicted octanol–water partition coefficient (Wildman–Crippen LogP) is 3.10. The van der Waals surface area contributed by atoms with Crippen molar-refractivity contribution in [3.8, 4) is 17.4 Å². The molecule has 106 valence electrons. The molecule has 7 heteroatoms. The second-order valence-electron chi connectivity index (χ2n) is 4.08. The molecule has 0 saturated heterocycles. The molecular formula is C14H9F2N3O2. The summed E-state index contributed by atoms with van der Waals surface area (Å²) in [5, 5.41) is 0.402. The van der Waals surface area contributed by atoms with Crippen molar-refractivity contribution in [2.24, 2.45) is 0 Å². The summed E-state index contributed by atoms with van der Waals surface area (Å²) < 4.78 is 37.5. The Morgan fingerprint density at radius 2 is 1.90 bits per heavy atom. The van der Waals surface area contributed by atoms with Gasteiger partial charge in [-0.15, -0.1) is 0 Å². The molecule has 0 radical (unpaired) electrons. The number of pyridine rings is 1. The minimum atomic E-state index is -0.765. The lowest BCUT2D eigenvalue weighted by Gasteiger charge is -2.09. The summed E-state index contributed by atoms with van der Waals surface area (Å²) in [6, 6.07) is 5.54. The maximum Gasteiger partial charge on any atom is 0.255 e. The zero-order chi connectivity index (χ0) is 14.8. The lowest BCUT2D eigenvalue weighted by molar-refractivity contribution is 0.386. The maximum atomic E-state index is 13.6. The van der Waals surface area contributed by atoms with E-state index in [2.05, 4.69) is 15.0 Å². The first-order valence-electron chi connectivity index (χ1n) is 5.95. The SMILES string of the molecule is COc1cc2c(Oc3cccnc3F)ncnc2cc1F. The van der Waals surface area contributed by atoms with E-state index in [9.17, 15) is 8.78 Å². The van der Waals surface area contributed by atoms with E-state index in [0.29, 0.717) is 10.9 Å². The minimum Gasteiger partial charge on any atom is -0.494 e. The van der Waals surface area contributed by atoms with Crippen molar-refractivity contribution >= 4 is 10.9 Å². The molecule has 0 aliphatic heterocycles. The average molecular weight is 289 g/mol. The number of rotatable bonds is 3. The van der Waals surface area contributed by atoms with Gasteiger partial charge in [0.15, 0.2) is 17.3 Å². The number of benzene rings is 1. The fraction of sp³-hybridized carbons (Fsp3) is 0.0714. The maximum absolute atomic E-state index is 13.6. The Bertz CT molecular complexity index is 811. The van der Waals surface area contributed by atoms with Gasteiger partial charge in [-0.25, -0.2) is 19.3 Å². The molecule has 3 aromatic rings. The first kappa shape index (κ1) is 13.2. The van der Waals surface area contributed by atoms with Gasteiger partial charge in [-0.3, -0.25) is 0 Å². The number of aromatic nitrogens is 3. The van der Waals surface area contributed by atoms with Crippen LogP contribution in [0.25, 0.3) is 10.9 Å². The van der Waals surface area contributed by atoms with Crippen LogP contribution < -0.4 is 9.47 Å². The molecule has 3 rings (SSSR count). The van der Waals surface area contributed by atoms with Crippen LogP contribution in [0.1, 0.15) is 0 Å². The van der Waals surface area contributed by atoms with Crippen LogP contribution in [0, 0.1) is 11.8 Å². The number of hydrogen-bond donors (Lipinski definition) is 0. The Kier molecular flexibility index (Phi) is 3.31. The molecule has 2 heterocycles. The van der Waals surface area contributed by atoms with E-state index in [4.69, 9.17) is 9.47 Å². The molecular weight excluding hydrogens is 280 g/mol. The van der Waals surface area contributed by atoms with Crippen LogP contribution in [0.4, 0.5) is 8.78 Å². The summed E-state index contributed by atoms with van der Waals surface area (Å²) in [6.07, 6.45) is 2.51. The average Bonchev–Trinajstić information content (AvgIpc) is 2.49. The molecule has 0 atom stereocenters. The largest absolute Gasteiger partial charge is 0.494 e. The van der Waals surface area contributed by atoms with Crippen molar-refractivity contribution in [1.29, 1.82) is 0 Å². The third-order valence-electron chi connectivity index (χ3n) is 2.80. The molecule has 0 aliphatic rings. The van der Waals surface area contributed by atoms with E-state index < -0.39 is 11.8 Å². The number of nitrogens with zero attached hydrogens (tertiary/aromatic N) is 3. The van der Waals surface area contributed by atoms with Crippen molar-refractivity contribution in [3.05, 3.63) is 48.6 Å². The smallest absolute Gasteiger partial charge is 0.255 e. The van der Waals surface area contributed by atoms with Gasteiger partial charge < -0.3 is 9.47 Å². The highest BCUT2D eigenvalue weighted by Gasteiger charge is 2.13. The van der Waals surface area contributed by atoms with Crippen LogP contribution in [0.2, 0.25) is 0 Å². The summed E-state index contributed by atoms with van der Waals surface area (Å²) in [4.78, 5) is 11.4. The third-order valence-corrected chi connectivity index (χ3v) is 2.80. The Hall–Kier alpha value is -2.83. The molecule has 21 heavy (non-hydrogen) atoms. The van der Waals surface area contributed by atoms with Crippen molar-refractivity contribution < 1.29 is 18.3 Å². The van der Waals surface area contributed by atoms with Crippen molar-refractivity contribution in [3.63, 3.8) is 0 Å². The predicted molar refractivity (Wildman–Crippen MR) is 70.3 cm³/mol. The van der Waals surface area contributed by atoms with Crippen LogP contribution in [-0.4, -0.2) is 22.1 Å². The topological polar surface area (TPSA) is 57.1 Å². The van der Waals surface area contributed by atoms with Crippen LogP contribution in [0.3, 0.4) is 0 Å². The zero-order valence-corrected chi connectivity index (χ0v) is 10.9. The van der Waals surface area contributed by atoms with Gasteiger partial charge in [0.2, 0.25) is 5.88 Å².